The predicted molar refractivity (Wildman–Crippen MR) is 125 cm³/mol. The van der Waals surface area contributed by atoms with Gasteiger partial charge in [0.2, 0.25) is 5.95 Å². The molecule has 0 spiro atoms. The number of benzene rings is 2. The molecule has 0 atom stereocenters. The number of aromatic nitrogens is 2. The quantitative estimate of drug-likeness (QED) is 0.628. The average Bonchev–Trinajstić information content (AvgIpc) is 2.79. The van der Waals surface area contributed by atoms with Crippen molar-refractivity contribution in [2.45, 2.75) is 39.8 Å². The molecule has 0 radical (unpaired) electrons. The normalized spacial score (nSPS) is 15.2. The van der Waals surface area contributed by atoms with Crippen LogP contribution in [0, 0.1) is 12.7 Å². The van der Waals surface area contributed by atoms with Gasteiger partial charge in [-0.3, -0.25) is 0 Å². The van der Waals surface area contributed by atoms with Crippen molar-refractivity contribution in [3.8, 4) is 17.0 Å². The van der Waals surface area contributed by atoms with Gasteiger partial charge in [-0.05, 0) is 74.7 Å². The van der Waals surface area contributed by atoms with Gasteiger partial charge in [-0.15, -0.1) is 0 Å². The fourth-order valence-corrected chi connectivity index (χ4v) is 4.46. The topological polar surface area (TPSA) is 62.3 Å². The molecular weight excluding hydrogens is 405 g/mol. The van der Waals surface area contributed by atoms with E-state index in [1.54, 1.807) is 6.20 Å². The van der Waals surface area contributed by atoms with Gasteiger partial charge >= 0.3 is 0 Å². The van der Waals surface area contributed by atoms with Gasteiger partial charge in [0.25, 0.3) is 0 Å². The second-order valence-corrected chi connectivity index (χ2v) is 8.70. The summed E-state index contributed by atoms with van der Waals surface area (Å²) in [5, 5.41) is 6.72. The van der Waals surface area contributed by atoms with E-state index in [0.717, 1.165) is 48.6 Å². The Morgan fingerprint density at radius 3 is 2.91 bits per heavy atom. The number of nitrogens with one attached hydrogen (secondary N) is 2. The first-order valence-electron chi connectivity index (χ1n) is 11.2. The summed E-state index contributed by atoms with van der Waals surface area (Å²) in [6, 6.07) is 10.1. The van der Waals surface area contributed by atoms with Crippen molar-refractivity contribution in [2.24, 2.45) is 0 Å². The van der Waals surface area contributed by atoms with Gasteiger partial charge in [-0.25, -0.2) is 14.4 Å². The minimum atomic E-state index is -0.363. The van der Waals surface area contributed by atoms with Gasteiger partial charge in [-0.1, -0.05) is 6.07 Å². The van der Waals surface area contributed by atoms with Crippen LogP contribution in [0.3, 0.4) is 0 Å². The van der Waals surface area contributed by atoms with Crippen molar-refractivity contribution in [2.75, 3.05) is 29.9 Å². The second kappa shape index (κ2) is 8.39. The van der Waals surface area contributed by atoms with Crippen LogP contribution in [-0.4, -0.2) is 35.7 Å². The van der Waals surface area contributed by atoms with Crippen molar-refractivity contribution in [1.29, 1.82) is 0 Å². The number of anilines is 3. The van der Waals surface area contributed by atoms with Crippen LogP contribution in [0.2, 0.25) is 0 Å². The Kier molecular flexibility index (Phi) is 5.43. The lowest BCUT2D eigenvalue weighted by atomic mass is 10.0. The van der Waals surface area contributed by atoms with E-state index >= 15 is 0 Å². The summed E-state index contributed by atoms with van der Waals surface area (Å²) in [6.45, 7) is 9.25. The number of halogens is 1. The third kappa shape index (κ3) is 3.88. The molecule has 5 rings (SSSR count). The molecule has 2 aliphatic rings. The third-order valence-corrected chi connectivity index (χ3v) is 6.13. The standard InChI is InChI=1S/C25H28FN5O/c1-15(2)31-8-9-32-24-21(26)11-18(12-22(24)31)23-16(3)13-28-25(30-23)29-20-5-4-17-6-7-27-14-19(17)10-20/h4-5,10-13,15,27H,6-9,14H2,1-3H3,(H,28,29,30). The first kappa shape index (κ1) is 20.7. The van der Waals surface area contributed by atoms with Crippen molar-refractivity contribution in [3.05, 3.63) is 59.0 Å². The van der Waals surface area contributed by atoms with Crippen LogP contribution >= 0.6 is 0 Å². The fraction of sp³-hybridized carbons (Fsp3) is 0.360. The number of aryl methyl sites for hydroxylation is 1. The summed E-state index contributed by atoms with van der Waals surface area (Å²) < 4.78 is 20.6. The van der Waals surface area contributed by atoms with Gasteiger partial charge < -0.3 is 20.3 Å². The Morgan fingerprint density at radius 2 is 2.06 bits per heavy atom. The summed E-state index contributed by atoms with van der Waals surface area (Å²) in [5.41, 5.74) is 6.69. The van der Waals surface area contributed by atoms with E-state index in [4.69, 9.17) is 9.72 Å². The van der Waals surface area contributed by atoms with E-state index in [0.29, 0.717) is 24.0 Å². The summed E-state index contributed by atoms with van der Waals surface area (Å²) in [4.78, 5) is 11.4. The van der Waals surface area contributed by atoms with E-state index in [2.05, 4.69) is 52.6 Å². The maximum Gasteiger partial charge on any atom is 0.227 e. The molecule has 0 amide bonds. The van der Waals surface area contributed by atoms with E-state index < -0.39 is 0 Å². The van der Waals surface area contributed by atoms with Crippen LogP contribution in [-0.2, 0) is 13.0 Å². The Balaban J connectivity index is 1.49. The van der Waals surface area contributed by atoms with Gasteiger partial charge in [0.05, 0.1) is 17.9 Å². The maximum atomic E-state index is 15.0. The van der Waals surface area contributed by atoms with Crippen LogP contribution in [0.25, 0.3) is 11.3 Å². The zero-order valence-electron chi connectivity index (χ0n) is 18.7. The van der Waals surface area contributed by atoms with Gasteiger partial charge in [0, 0.05) is 30.0 Å². The fourth-order valence-electron chi connectivity index (χ4n) is 4.46. The monoisotopic (exact) mass is 433 g/mol. The van der Waals surface area contributed by atoms with Crippen LogP contribution in [0.1, 0.15) is 30.5 Å². The predicted octanol–water partition coefficient (Wildman–Crippen LogP) is 4.59. The molecule has 2 N–H and O–H groups in total. The van der Waals surface area contributed by atoms with E-state index in [1.807, 2.05) is 13.0 Å². The van der Waals surface area contributed by atoms with Crippen molar-refractivity contribution >= 4 is 17.3 Å². The SMILES string of the molecule is Cc1cnc(Nc2ccc3c(c2)CNCC3)nc1-c1cc(F)c2c(c1)N(C(C)C)CCO2. The van der Waals surface area contributed by atoms with Crippen molar-refractivity contribution in [1.82, 2.24) is 15.3 Å². The lowest BCUT2D eigenvalue weighted by Crippen LogP contribution is -2.38. The summed E-state index contributed by atoms with van der Waals surface area (Å²) in [7, 11) is 0. The molecule has 0 fully saturated rings. The molecule has 3 heterocycles. The van der Waals surface area contributed by atoms with E-state index in [-0.39, 0.29) is 11.9 Å². The van der Waals surface area contributed by atoms with Crippen molar-refractivity contribution < 1.29 is 9.13 Å². The number of hydrogen-bond acceptors (Lipinski definition) is 6. The Labute approximate surface area is 187 Å². The largest absolute Gasteiger partial charge is 0.486 e. The summed E-state index contributed by atoms with van der Waals surface area (Å²) in [5.74, 6) is 0.448. The highest BCUT2D eigenvalue weighted by Gasteiger charge is 2.25. The zero-order valence-corrected chi connectivity index (χ0v) is 18.7. The highest BCUT2D eigenvalue weighted by molar-refractivity contribution is 5.74. The first-order valence-corrected chi connectivity index (χ1v) is 11.2. The van der Waals surface area contributed by atoms with Crippen LogP contribution in [0.5, 0.6) is 5.75 Å². The Bertz CT molecular complexity index is 1160. The van der Waals surface area contributed by atoms with Gasteiger partial charge in [0.15, 0.2) is 11.6 Å². The number of ether oxygens (including phenoxy) is 1. The third-order valence-electron chi connectivity index (χ3n) is 6.13. The van der Waals surface area contributed by atoms with Crippen LogP contribution < -0.4 is 20.3 Å². The van der Waals surface area contributed by atoms with E-state index in [1.165, 1.54) is 17.2 Å². The molecule has 1 aromatic heterocycles. The molecule has 7 heteroatoms. The van der Waals surface area contributed by atoms with E-state index in [9.17, 15) is 4.39 Å². The number of rotatable bonds is 4. The Morgan fingerprint density at radius 1 is 1.19 bits per heavy atom. The minimum Gasteiger partial charge on any atom is -0.486 e. The van der Waals surface area contributed by atoms with Crippen LogP contribution in [0.15, 0.2) is 36.5 Å². The van der Waals surface area contributed by atoms with Crippen molar-refractivity contribution in [3.63, 3.8) is 0 Å². The molecule has 0 aliphatic carbocycles. The highest BCUT2D eigenvalue weighted by Crippen LogP contribution is 2.39. The molecule has 32 heavy (non-hydrogen) atoms. The molecule has 166 valence electrons. The number of fused-ring (bicyclic) bond motifs is 2. The molecule has 0 bridgehead atoms. The maximum absolute atomic E-state index is 15.0. The summed E-state index contributed by atoms with van der Waals surface area (Å²) >= 11 is 0. The molecule has 0 saturated heterocycles. The molecule has 2 aliphatic heterocycles. The van der Waals surface area contributed by atoms with Gasteiger partial charge in [-0.2, -0.15) is 0 Å². The Hall–Kier alpha value is -3.19. The molecule has 0 unspecified atom stereocenters. The smallest absolute Gasteiger partial charge is 0.227 e. The second-order valence-electron chi connectivity index (χ2n) is 8.70. The molecule has 0 saturated carbocycles. The average molecular weight is 434 g/mol. The molecule has 2 aromatic carbocycles. The first-order chi connectivity index (χ1) is 15.5. The van der Waals surface area contributed by atoms with Crippen LogP contribution in [0.4, 0.5) is 21.7 Å². The van der Waals surface area contributed by atoms with Gasteiger partial charge in [0.1, 0.15) is 6.61 Å². The molecule has 3 aromatic rings. The lowest BCUT2D eigenvalue weighted by Gasteiger charge is -2.34. The molecule has 6 nitrogen and oxygen atoms in total. The zero-order chi connectivity index (χ0) is 22.2. The molecular formula is C25H28FN5O. The highest BCUT2D eigenvalue weighted by atomic mass is 19.1. The number of hydrogen-bond donors (Lipinski definition) is 2. The minimum absolute atomic E-state index is 0.245. The number of nitrogens with zero attached hydrogens (tertiary/aromatic N) is 3. The lowest BCUT2D eigenvalue weighted by molar-refractivity contribution is 0.287. The summed E-state index contributed by atoms with van der Waals surface area (Å²) in [6.07, 6.45) is 2.82.